The van der Waals surface area contributed by atoms with E-state index in [0.29, 0.717) is 35.5 Å². The molecule has 34 heavy (non-hydrogen) atoms. The lowest BCUT2D eigenvalue weighted by Gasteiger charge is -2.33. The molecular weight excluding hydrogens is 482 g/mol. The Kier molecular flexibility index (Phi) is 7.24. The van der Waals surface area contributed by atoms with Gasteiger partial charge in [0, 0.05) is 42.7 Å². The summed E-state index contributed by atoms with van der Waals surface area (Å²) in [5.74, 6) is -1.13. The van der Waals surface area contributed by atoms with Crippen molar-refractivity contribution in [2.45, 2.75) is 32.3 Å². The maximum Gasteiger partial charge on any atom is 0.303 e. The molecule has 3 aromatic rings. The van der Waals surface area contributed by atoms with Crippen molar-refractivity contribution < 1.29 is 23.8 Å². The number of hydrogen-bond donors (Lipinski definition) is 1. The molecular formula is C25H23Cl2FN2O4. The lowest BCUT2D eigenvalue weighted by atomic mass is 9.94. The van der Waals surface area contributed by atoms with Crippen molar-refractivity contribution in [3.8, 4) is 16.9 Å². The fourth-order valence-corrected chi connectivity index (χ4v) is 5.07. The molecule has 0 bridgehead atoms. The Morgan fingerprint density at radius 3 is 2.68 bits per heavy atom. The summed E-state index contributed by atoms with van der Waals surface area (Å²) in [5.41, 5.74) is 1.81. The van der Waals surface area contributed by atoms with Gasteiger partial charge in [-0.1, -0.05) is 23.2 Å². The van der Waals surface area contributed by atoms with Gasteiger partial charge in [0.1, 0.15) is 11.6 Å². The van der Waals surface area contributed by atoms with Crippen LogP contribution in [0.3, 0.4) is 0 Å². The van der Waals surface area contributed by atoms with E-state index in [0.717, 1.165) is 18.2 Å². The minimum absolute atomic E-state index is 0.0456. The zero-order chi connectivity index (χ0) is 24.4. The van der Waals surface area contributed by atoms with Crippen molar-refractivity contribution >= 4 is 46.0 Å². The molecule has 9 heteroatoms. The van der Waals surface area contributed by atoms with Gasteiger partial charge in [0.15, 0.2) is 6.10 Å². The van der Waals surface area contributed by atoms with Crippen molar-refractivity contribution in [3.05, 3.63) is 58.5 Å². The quantitative estimate of drug-likeness (QED) is 0.456. The fourth-order valence-electron chi connectivity index (χ4n) is 4.41. The molecule has 1 aliphatic heterocycles. The van der Waals surface area contributed by atoms with Crippen LogP contribution in [0, 0.1) is 11.7 Å². The van der Waals surface area contributed by atoms with Crippen molar-refractivity contribution in [1.29, 1.82) is 0 Å². The first kappa shape index (κ1) is 24.2. The van der Waals surface area contributed by atoms with E-state index in [9.17, 15) is 14.0 Å². The monoisotopic (exact) mass is 504 g/mol. The van der Waals surface area contributed by atoms with Crippen LogP contribution in [-0.2, 0) is 9.59 Å². The van der Waals surface area contributed by atoms with Crippen LogP contribution < -0.4 is 4.74 Å². The number of aromatic nitrogens is 1. The van der Waals surface area contributed by atoms with Gasteiger partial charge in [-0.15, -0.1) is 0 Å². The highest BCUT2D eigenvalue weighted by Crippen LogP contribution is 2.39. The highest BCUT2D eigenvalue weighted by Gasteiger charge is 2.29. The van der Waals surface area contributed by atoms with E-state index < -0.39 is 17.9 Å². The standard InChI is InChI=1S/C25H23Cl2FN2O4/c1-14(25(33)30-8-2-3-15(13-30)9-23(31)32)34-17-4-5-18-19(6-7-29-22(18)12-17)24-20(26)10-16(28)11-21(24)27/h4-7,10-12,14-15H,2-3,8-9,13H2,1H3,(H,31,32)/t14-,15-/m1/s1. The third kappa shape index (κ3) is 5.26. The molecule has 1 saturated heterocycles. The number of amides is 1. The van der Waals surface area contributed by atoms with Crippen LogP contribution in [0.1, 0.15) is 26.2 Å². The molecule has 178 valence electrons. The summed E-state index contributed by atoms with van der Waals surface area (Å²) >= 11 is 12.5. The number of ether oxygens (including phenoxy) is 1. The number of fused-ring (bicyclic) bond motifs is 1. The zero-order valence-corrected chi connectivity index (χ0v) is 19.9. The van der Waals surface area contributed by atoms with E-state index in [4.69, 9.17) is 33.0 Å². The Morgan fingerprint density at radius 1 is 1.24 bits per heavy atom. The number of carboxylic acids is 1. The van der Waals surface area contributed by atoms with E-state index in [-0.39, 0.29) is 28.3 Å². The number of likely N-dealkylation sites (tertiary alicyclic amines) is 1. The molecule has 0 spiro atoms. The molecule has 1 N–H and O–H groups in total. The minimum Gasteiger partial charge on any atom is -0.481 e. The summed E-state index contributed by atoms with van der Waals surface area (Å²) in [6.45, 7) is 2.68. The van der Waals surface area contributed by atoms with Crippen LogP contribution in [-0.4, -0.2) is 46.1 Å². The van der Waals surface area contributed by atoms with Crippen molar-refractivity contribution in [3.63, 3.8) is 0 Å². The van der Waals surface area contributed by atoms with E-state index in [1.165, 1.54) is 12.1 Å². The van der Waals surface area contributed by atoms with Crippen molar-refractivity contribution in [1.82, 2.24) is 9.88 Å². The molecule has 0 aliphatic carbocycles. The van der Waals surface area contributed by atoms with E-state index in [1.54, 1.807) is 42.3 Å². The van der Waals surface area contributed by atoms with Crippen molar-refractivity contribution in [2.75, 3.05) is 13.1 Å². The molecule has 4 rings (SSSR count). The van der Waals surface area contributed by atoms with Gasteiger partial charge in [-0.2, -0.15) is 0 Å². The van der Waals surface area contributed by atoms with Gasteiger partial charge in [-0.25, -0.2) is 4.39 Å². The second-order valence-electron chi connectivity index (χ2n) is 8.43. The summed E-state index contributed by atoms with van der Waals surface area (Å²) < 4.78 is 19.5. The number of aliphatic carboxylic acids is 1. The smallest absolute Gasteiger partial charge is 0.303 e. The molecule has 1 aromatic heterocycles. The third-order valence-electron chi connectivity index (χ3n) is 5.94. The molecule has 2 heterocycles. The number of pyridine rings is 1. The first-order valence-electron chi connectivity index (χ1n) is 10.9. The first-order valence-corrected chi connectivity index (χ1v) is 11.7. The van der Waals surface area contributed by atoms with Gasteiger partial charge >= 0.3 is 5.97 Å². The van der Waals surface area contributed by atoms with Gasteiger partial charge in [0.25, 0.3) is 5.91 Å². The molecule has 6 nitrogen and oxygen atoms in total. The number of benzene rings is 2. The van der Waals surface area contributed by atoms with E-state index >= 15 is 0 Å². The summed E-state index contributed by atoms with van der Waals surface area (Å²) in [6.07, 6.45) is 2.48. The minimum atomic E-state index is -0.852. The summed E-state index contributed by atoms with van der Waals surface area (Å²) in [4.78, 5) is 30.0. The highest BCUT2D eigenvalue weighted by atomic mass is 35.5. The average molecular weight is 505 g/mol. The third-order valence-corrected chi connectivity index (χ3v) is 6.54. The Hall–Kier alpha value is -2.90. The topological polar surface area (TPSA) is 79.7 Å². The lowest BCUT2D eigenvalue weighted by molar-refractivity contribution is -0.143. The van der Waals surface area contributed by atoms with Crippen LogP contribution >= 0.6 is 23.2 Å². The number of halogens is 3. The number of piperidine rings is 1. The van der Waals surface area contributed by atoms with Crippen molar-refractivity contribution in [2.24, 2.45) is 5.92 Å². The zero-order valence-electron chi connectivity index (χ0n) is 18.4. The Morgan fingerprint density at radius 2 is 1.97 bits per heavy atom. The average Bonchev–Trinajstić information content (AvgIpc) is 2.77. The van der Waals surface area contributed by atoms with Gasteiger partial charge in [-0.3, -0.25) is 14.6 Å². The predicted molar refractivity (Wildman–Crippen MR) is 129 cm³/mol. The van der Waals surface area contributed by atoms with Crippen LogP contribution in [0.2, 0.25) is 10.0 Å². The molecule has 1 fully saturated rings. The van der Waals surface area contributed by atoms with E-state index in [2.05, 4.69) is 4.98 Å². The second kappa shape index (κ2) is 10.2. The normalized spacial score (nSPS) is 16.9. The number of carboxylic acid groups (broad SMARTS) is 1. The molecule has 0 saturated carbocycles. The highest BCUT2D eigenvalue weighted by molar-refractivity contribution is 6.39. The second-order valence-corrected chi connectivity index (χ2v) is 9.25. The van der Waals surface area contributed by atoms with Crippen LogP contribution in [0.25, 0.3) is 22.0 Å². The molecule has 1 amide bonds. The molecule has 2 atom stereocenters. The predicted octanol–water partition coefficient (Wildman–Crippen LogP) is 5.83. The molecule has 0 radical (unpaired) electrons. The Balaban J connectivity index is 1.54. The van der Waals surface area contributed by atoms with Crippen LogP contribution in [0.15, 0.2) is 42.6 Å². The largest absolute Gasteiger partial charge is 0.481 e. The Bertz CT molecular complexity index is 1230. The summed E-state index contributed by atoms with van der Waals surface area (Å²) in [7, 11) is 0. The Labute approximate surface area is 206 Å². The van der Waals surface area contributed by atoms with Gasteiger partial charge in [0.2, 0.25) is 0 Å². The van der Waals surface area contributed by atoms with E-state index in [1.807, 2.05) is 0 Å². The molecule has 1 aliphatic rings. The lowest BCUT2D eigenvalue weighted by Crippen LogP contribution is -2.46. The number of hydrogen-bond acceptors (Lipinski definition) is 4. The van der Waals surface area contributed by atoms with Crippen LogP contribution in [0.4, 0.5) is 4.39 Å². The molecule has 2 aromatic carbocycles. The first-order chi connectivity index (χ1) is 16.2. The number of carbonyl (C=O) groups is 2. The van der Waals surface area contributed by atoms with Gasteiger partial charge < -0.3 is 14.7 Å². The summed E-state index contributed by atoms with van der Waals surface area (Å²) in [5, 5.41) is 10.2. The SMILES string of the molecule is C[C@@H](Oc1ccc2c(-c3c(Cl)cc(F)cc3Cl)ccnc2c1)C(=O)N1CCC[C@H](CC(=O)O)C1. The number of rotatable bonds is 6. The van der Waals surface area contributed by atoms with Gasteiger partial charge in [0.05, 0.1) is 15.6 Å². The van der Waals surface area contributed by atoms with Crippen LogP contribution in [0.5, 0.6) is 5.75 Å². The van der Waals surface area contributed by atoms with Gasteiger partial charge in [-0.05, 0) is 61.6 Å². The maximum atomic E-state index is 13.6. The fraction of sp³-hybridized carbons (Fsp3) is 0.320. The number of carbonyl (C=O) groups excluding carboxylic acids is 1. The summed E-state index contributed by atoms with van der Waals surface area (Å²) in [6, 6.07) is 9.42. The maximum absolute atomic E-state index is 13.6. The molecule has 0 unspecified atom stereocenters. The number of nitrogens with zero attached hydrogens (tertiary/aromatic N) is 2.